The highest BCUT2D eigenvalue weighted by Crippen LogP contribution is 2.29. The Balaban J connectivity index is 1.99. The SMILES string of the molecule is CC1=C[C@H]([C@@H](O)[C@H]2O[C@H]2C)OC1=O. The molecule has 0 aromatic heterocycles. The summed E-state index contributed by atoms with van der Waals surface area (Å²) in [4.78, 5) is 11.0. The second-order valence-corrected chi connectivity index (χ2v) is 3.52. The lowest BCUT2D eigenvalue weighted by molar-refractivity contribution is -0.144. The van der Waals surface area contributed by atoms with Crippen LogP contribution in [0.4, 0.5) is 0 Å². The summed E-state index contributed by atoms with van der Waals surface area (Å²) in [6, 6.07) is 0. The largest absolute Gasteiger partial charge is 0.452 e. The van der Waals surface area contributed by atoms with E-state index in [0.29, 0.717) is 5.57 Å². The molecule has 2 aliphatic heterocycles. The first-order valence-electron chi connectivity index (χ1n) is 4.32. The average molecular weight is 184 g/mol. The first kappa shape index (κ1) is 8.72. The van der Waals surface area contributed by atoms with Crippen molar-refractivity contribution in [3.05, 3.63) is 11.6 Å². The molecule has 4 heteroatoms. The van der Waals surface area contributed by atoms with Crippen molar-refractivity contribution in [1.29, 1.82) is 0 Å². The molecule has 4 nitrogen and oxygen atoms in total. The summed E-state index contributed by atoms with van der Waals surface area (Å²) in [5, 5.41) is 9.65. The normalized spacial score (nSPS) is 39.8. The Labute approximate surface area is 76.1 Å². The van der Waals surface area contributed by atoms with Gasteiger partial charge in [-0.15, -0.1) is 0 Å². The molecule has 0 aromatic carbocycles. The Morgan fingerprint density at radius 2 is 2.23 bits per heavy atom. The van der Waals surface area contributed by atoms with Gasteiger partial charge in [-0.2, -0.15) is 0 Å². The average Bonchev–Trinajstić information content (AvgIpc) is 2.70. The van der Waals surface area contributed by atoms with Gasteiger partial charge in [-0.1, -0.05) is 0 Å². The van der Waals surface area contributed by atoms with Gasteiger partial charge in [0.25, 0.3) is 0 Å². The van der Waals surface area contributed by atoms with Crippen LogP contribution in [0.25, 0.3) is 0 Å². The Hall–Kier alpha value is -0.870. The fourth-order valence-electron chi connectivity index (χ4n) is 1.48. The van der Waals surface area contributed by atoms with Gasteiger partial charge in [-0.05, 0) is 19.9 Å². The Bertz CT molecular complexity index is 271. The zero-order valence-electron chi connectivity index (χ0n) is 7.56. The van der Waals surface area contributed by atoms with Crippen molar-refractivity contribution in [3.63, 3.8) is 0 Å². The van der Waals surface area contributed by atoms with Gasteiger partial charge in [0.15, 0.2) is 0 Å². The lowest BCUT2D eigenvalue weighted by Crippen LogP contribution is -2.31. The fourth-order valence-corrected chi connectivity index (χ4v) is 1.48. The highest BCUT2D eigenvalue weighted by molar-refractivity contribution is 5.90. The number of carbonyl (C=O) groups is 1. The highest BCUT2D eigenvalue weighted by atomic mass is 16.6. The van der Waals surface area contributed by atoms with Crippen LogP contribution in [0.15, 0.2) is 11.6 Å². The van der Waals surface area contributed by atoms with Gasteiger partial charge in [-0.3, -0.25) is 0 Å². The van der Waals surface area contributed by atoms with E-state index in [2.05, 4.69) is 0 Å². The lowest BCUT2D eigenvalue weighted by atomic mass is 10.1. The highest BCUT2D eigenvalue weighted by Gasteiger charge is 2.46. The van der Waals surface area contributed by atoms with Crippen molar-refractivity contribution in [2.24, 2.45) is 0 Å². The van der Waals surface area contributed by atoms with Crippen LogP contribution < -0.4 is 0 Å². The van der Waals surface area contributed by atoms with E-state index in [1.165, 1.54) is 0 Å². The molecule has 0 bridgehead atoms. The van der Waals surface area contributed by atoms with E-state index in [0.717, 1.165) is 0 Å². The molecule has 0 aromatic rings. The Morgan fingerprint density at radius 3 is 2.62 bits per heavy atom. The van der Waals surface area contributed by atoms with Crippen LogP contribution in [0, 0.1) is 0 Å². The maximum absolute atomic E-state index is 11.0. The van der Waals surface area contributed by atoms with Crippen molar-refractivity contribution >= 4 is 5.97 Å². The first-order chi connectivity index (χ1) is 6.09. The van der Waals surface area contributed by atoms with Gasteiger partial charge in [0.2, 0.25) is 0 Å². The second-order valence-electron chi connectivity index (χ2n) is 3.52. The Morgan fingerprint density at radius 1 is 1.62 bits per heavy atom. The molecule has 0 aliphatic carbocycles. The molecule has 0 spiro atoms. The van der Waals surface area contributed by atoms with E-state index in [1.54, 1.807) is 13.0 Å². The summed E-state index contributed by atoms with van der Waals surface area (Å²) >= 11 is 0. The first-order valence-corrected chi connectivity index (χ1v) is 4.32. The van der Waals surface area contributed by atoms with Crippen molar-refractivity contribution in [3.8, 4) is 0 Å². The number of aliphatic hydroxyl groups excluding tert-OH is 1. The minimum Gasteiger partial charge on any atom is -0.452 e. The summed E-state index contributed by atoms with van der Waals surface area (Å²) in [5.41, 5.74) is 0.553. The fraction of sp³-hybridized carbons (Fsp3) is 0.667. The van der Waals surface area contributed by atoms with Crippen LogP contribution >= 0.6 is 0 Å². The van der Waals surface area contributed by atoms with Crippen LogP contribution in [0.2, 0.25) is 0 Å². The van der Waals surface area contributed by atoms with E-state index in [1.807, 2.05) is 6.92 Å². The molecule has 0 saturated carbocycles. The quantitative estimate of drug-likeness (QED) is 0.485. The monoisotopic (exact) mass is 184 g/mol. The lowest BCUT2D eigenvalue weighted by Gasteiger charge is -2.13. The second kappa shape index (κ2) is 2.82. The molecule has 13 heavy (non-hydrogen) atoms. The molecule has 0 radical (unpaired) electrons. The molecule has 1 fully saturated rings. The Kier molecular flexibility index (Phi) is 1.89. The van der Waals surface area contributed by atoms with Crippen LogP contribution in [0.3, 0.4) is 0 Å². The number of hydrogen-bond acceptors (Lipinski definition) is 4. The number of rotatable bonds is 2. The number of esters is 1. The van der Waals surface area contributed by atoms with E-state index in [4.69, 9.17) is 9.47 Å². The number of hydrogen-bond donors (Lipinski definition) is 1. The molecule has 1 N–H and O–H groups in total. The molecule has 4 atom stereocenters. The summed E-state index contributed by atoms with van der Waals surface area (Å²) in [5.74, 6) is -0.350. The molecule has 0 unspecified atom stereocenters. The molecule has 2 heterocycles. The van der Waals surface area contributed by atoms with Crippen molar-refractivity contribution in [2.75, 3.05) is 0 Å². The number of epoxide rings is 1. The van der Waals surface area contributed by atoms with E-state index in [9.17, 15) is 9.90 Å². The molecule has 2 aliphatic rings. The molecule has 0 amide bonds. The summed E-state index contributed by atoms with van der Waals surface area (Å²) in [6.45, 7) is 3.55. The van der Waals surface area contributed by atoms with Gasteiger partial charge in [-0.25, -0.2) is 4.79 Å². The third-order valence-corrected chi connectivity index (χ3v) is 2.41. The van der Waals surface area contributed by atoms with Crippen LogP contribution in [0.5, 0.6) is 0 Å². The smallest absolute Gasteiger partial charge is 0.334 e. The predicted molar refractivity (Wildman–Crippen MR) is 44.0 cm³/mol. The van der Waals surface area contributed by atoms with E-state index < -0.39 is 12.2 Å². The number of aliphatic hydroxyl groups is 1. The topological polar surface area (TPSA) is 59.1 Å². The van der Waals surface area contributed by atoms with Crippen molar-refractivity contribution < 1.29 is 19.4 Å². The third kappa shape index (κ3) is 1.47. The van der Waals surface area contributed by atoms with Crippen LogP contribution in [0.1, 0.15) is 13.8 Å². The van der Waals surface area contributed by atoms with Gasteiger partial charge in [0.1, 0.15) is 18.3 Å². The zero-order chi connectivity index (χ0) is 9.59. The predicted octanol–water partition coefficient (Wildman–Crippen LogP) is 0.00630. The van der Waals surface area contributed by atoms with E-state index >= 15 is 0 Å². The van der Waals surface area contributed by atoms with Gasteiger partial charge in [0.05, 0.1) is 6.10 Å². The molecular formula is C9H12O4. The third-order valence-electron chi connectivity index (χ3n) is 2.41. The maximum Gasteiger partial charge on any atom is 0.334 e. The van der Waals surface area contributed by atoms with Crippen molar-refractivity contribution in [2.45, 2.75) is 38.3 Å². The minimum absolute atomic E-state index is 0.0722. The zero-order valence-corrected chi connectivity index (χ0v) is 7.56. The molecule has 1 saturated heterocycles. The summed E-state index contributed by atoms with van der Waals surface area (Å²) in [7, 11) is 0. The minimum atomic E-state index is -0.726. The van der Waals surface area contributed by atoms with Gasteiger partial charge < -0.3 is 14.6 Å². The maximum atomic E-state index is 11.0. The van der Waals surface area contributed by atoms with Crippen molar-refractivity contribution in [1.82, 2.24) is 0 Å². The summed E-state index contributed by atoms with van der Waals surface area (Å²) < 4.78 is 10.0. The number of ether oxygens (including phenoxy) is 2. The molecule has 2 rings (SSSR count). The number of carbonyl (C=O) groups excluding carboxylic acids is 1. The van der Waals surface area contributed by atoms with Gasteiger partial charge in [0, 0.05) is 5.57 Å². The summed E-state index contributed by atoms with van der Waals surface area (Å²) in [6.07, 6.45) is 0.281. The van der Waals surface area contributed by atoms with Crippen LogP contribution in [-0.2, 0) is 14.3 Å². The number of cyclic esters (lactones) is 1. The van der Waals surface area contributed by atoms with E-state index in [-0.39, 0.29) is 18.2 Å². The standard InChI is InChI=1S/C9H12O4/c1-4-3-6(13-9(4)11)7(10)8-5(2)12-8/h3,5-8,10H,1-2H3/t5-,6+,7+,8-/m0/s1. The molecule has 72 valence electrons. The van der Waals surface area contributed by atoms with Gasteiger partial charge >= 0.3 is 5.97 Å². The molecular weight excluding hydrogens is 172 g/mol. The van der Waals surface area contributed by atoms with Crippen LogP contribution in [-0.4, -0.2) is 35.5 Å².